The normalized spacial score (nSPS) is 19.2. The fourth-order valence-electron chi connectivity index (χ4n) is 3.42. The molecule has 0 spiro atoms. The zero-order valence-electron chi connectivity index (χ0n) is 16.5. The quantitative estimate of drug-likeness (QED) is 0.863. The molecule has 1 aliphatic rings. The van der Waals surface area contributed by atoms with Crippen LogP contribution in [0.15, 0.2) is 48.5 Å². The van der Waals surface area contributed by atoms with Crippen LogP contribution in [0.1, 0.15) is 29.8 Å². The third-order valence-electron chi connectivity index (χ3n) is 4.66. The van der Waals surface area contributed by atoms with Crippen molar-refractivity contribution in [1.82, 2.24) is 4.90 Å². The number of methoxy groups -OCH3 is 1. The second kappa shape index (κ2) is 8.89. The highest BCUT2D eigenvalue weighted by Gasteiger charge is 2.28. The highest BCUT2D eigenvalue weighted by molar-refractivity contribution is 6.04. The Morgan fingerprint density at radius 3 is 2.36 bits per heavy atom. The average Bonchev–Trinajstić information content (AvgIpc) is 2.67. The maximum atomic E-state index is 13.0. The van der Waals surface area contributed by atoms with Crippen LogP contribution in [0.5, 0.6) is 5.75 Å². The minimum atomic E-state index is -0.172. The van der Waals surface area contributed by atoms with E-state index in [0.717, 1.165) is 11.3 Å². The molecule has 1 heterocycles. The molecule has 0 bridgehead atoms. The van der Waals surface area contributed by atoms with Gasteiger partial charge in [-0.2, -0.15) is 0 Å². The van der Waals surface area contributed by atoms with Crippen molar-refractivity contribution in [2.75, 3.05) is 25.5 Å². The minimum absolute atomic E-state index is 0.00970. The van der Waals surface area contributed by atoms with Gasteiger partial charge in [0.15, 0.2) is 0 Å². The number of morpholine rings is 1. The molecule has 2 amide bonds. The summed E-state index contributed by atoms with van der Waals surface area (Å²) in [5.74, 6) is 0.477. The van der Waals surface area contributed by atoms with Crippen molar-refractivity contribution in [2.24, 2.45) is 0 Å². The topological polar surface area (TPSA) is 67.9 Å². The predicted molar refractivity (Wildman–Crippen MR) is 108 cm³/mol. The predicted octanol–water partition coefficient (Wildman–Crippen LogP) is 3.13. The first kappa shape index (κ1) is 19.9. The summed E-state index contributed by atoms with van der Waals surface area (Å²) < 4.78 is 10.8. The summed E-state index contributed by atoms with van der Waals surface area (Å²) in [5, 5.41) is 2.88. The summed E-state index contributed by atoms with van der Waals surface area (Å²) in [6, 6.07) is 14.5. The fraction of sp³-hybridized carbons (Fsp3) is 0.364. The van der Waals surface area contributed by atoms with E-state index in [9.17, 15) is 9.59 Å². The van der Waals surface area contributed by atoms with Gasteiger partial charge < -0.3 is 19.7 Å². The molecule has 2 atom stereocenters. The monoisotopic (exact) mass is 382 g/mol. The first-order valence-corrected chi connectivity index (χ1v) is 9.43. The van der Waals surface area contributed by atoms with Gasteiger partial charge in [-0.15, -0.1) is 0 Å². The Hall–Kier alpha value is -2.86. The summed E-state index contributed by atoms with van der Waals surface area (Å²) in [4.78, 5) is 27.3. The largest absolute Gasteiger partial charge is 0.497 e. The first-order valence-electron chi connectivity index (χ1n) is 9.43. The van der Waals surface area contributed by atoms with Crippen LogP contribution < -0.4 is 10.1 Å². The molecule has 0 aromatic heterocycles. The number of carbonyl (C=O) groups is 2. The number of hydrogen-bond acceptors (Lipinski definition) is 4. The molecule has 0 radical (unpaired) electrons. The van der Waals surface area contributed by atoms with Crippen molar-refractivity contribution in [3.05, 3.63) is 59.7 Å². The summed E-state index contributed by atoms with van der Waals surface area (Å²) in [6.07, 6.45) is 0.201. The van der Waals surface area contributed by atoms with Gasteiger partial charge >= 0.3 is 0 Å². The standard InChI is InChI=1S/C22H26N2O4/c1-15-13-24(14-16(2)28-15)22(26)19-6-4-5-7-20(19)23-21(25)12-17-8-10-18(27-3)11-9-17/h4-11,15-16H,12-14H2,1-3H3,(H,23,25). The van der Waals surface area contributed by atoms with Crippen LogP contribution in [0.25, 0.3) is 0 Å². The molecule has 6 nitrogen and oxygen atoms in total. The molecule has 1 saturated heterocycles. The van der Waals surface area contributed by atoms with Crippen molar-refractivity contribution in [1.29, 1.82) is 0 Å². The molecule has 0 saturated carbocycles. The van der Waals surface area contributed by atoms with E-state index in [-0.39, 0.29) is 30.4 Å². The van der Waals surface area contributed by atoms with Crippen molar-refractivity contribution < 1.29 is 19.1 Å². The maximum absolute atomic E-state index is 13.0. The number of nitrogens with zero attached hydrogens (tertiary/aromatic N) is 1. The third-order valence-corrected chi connectivity index (χ3v) is 4.66. The Kier molecular flexibility index (Phi) is 6.31. The molecule has 2 aromatic rings. The minimum Gasteiger partial charge on any atom is -0.497 e. The van der Waals surface area contributed by atoms with Gasteiger partial charge in [0.05, 0.1) is 37.0 Å². The lowest BCUT2D eigenvalue weighted by Crippen LogP contribution is -2.48. The number of benzene rings is 2. The Morgan fingerprint density at radius 1 is 1.07 bits per heavy atom. The zero-order chi connectivity index (χ0) is 20.1. The van der Waals surface area contributed by atoms with E-state index in [1.807, 2.05) is 44.2 Å². The molecule has 2 unspecified atom stereocenters. The van der Waals surface area contributed by atoms with Crippen LogP contribution in [-0.2, 0) is 16.0 Å². The maximum Gasteiger partial charge on any atom is 0.256 e. The van der Waals surface area contributed by atoms with E-state index in [1.54, 1.807) is 30.2 Å². The average molecular weight is 382 g/mol. The van der Waals surface area contributed by atoms with Crippen LogP contribution in [0.3, 0.4) is 0 Å². The highest BCUT2D eigenvalue weighted by atomic mass is 16.5. The van der Waals surface area contributed by atoms with Crippen molar-refractivity contribution in [3.8, 4) is 5.75 Å². The van der Waals surface area contributed by atoms with Crippen LogP contribution in [0, 0.1) is 0 Å². The molecule has 0 aliphatic carbocycles. The lowest BCUT2D eigenvalue weighted by Gasteiger charge is -2.35. The Balaban J connectivity index is 1.70. The van der Waals surface area contributed by atoms with E-state index < -0.39 is 0 Å². The fourth-order valence-corrected chi connectivity index (χ4v) is 3.42. The molecule has 28 heavy (non-hydrogen) atoms. The van der Waals surface area contributed by atoms with Gasteiger partial charge in [-0.25, -0.2) is 0 Å². The number of amides is 2. The summed E-state index contributed by atoms with van der Waals surface area (Å²) in [6.45, 7) is 4.99. The van der Waals surface area contributed by atoms with Crippen LogP contribution in [0.2, 0.25) is 0 Å². The van der Waals surface area contributed by atoms with Gasteiger partial charge in [-0.3, -0.25) is 9.59 Å². The summed E-state index contributed by atoms with van der Waals surface area (Å²) in [7, 11) is 1.60. The number of ether oxygens (including phenoxy) is 2. The zero-order valence-corrected chi connectivity index (χ0v) is 16.5. The number of para-hydroxylation sites is 1. The molecule has 1 N–H and O–H groups in total. The smallest absolute Gasteiger partial charge is 0.256 e. The van der Waals surface area contributed by atoms with E-state index in [4.69, 9.17) is 9.47 Å². The second-order valence-electron chi connectivity index (χ2n) is 7.09. The van der Waals surface area contributed by atoms with Gasteiger partial charge in [0.2, 0.25) is 5.91 Å². The number of rotatable bonds is 5. The highest BCUT2D eigenvalue weighted by Crippen LogP contribution is 2.21. The number of carbonyl (C=O) groups excluding carboxylic acids is 2. The van der Waals surface area contributed by atoms with E-state index >= 15 is 0 Å². The van der Waals surface area contributed by atoms with Crippen LogP contribution in [0.4, 0.5) is 5.69 Å². The molecule has 1 fully saturated rings. The number of nitrogens with one attached hydrogen (secondary N) is 1. The molecule has 1 aliphatic heterocycles. The Bertz CT molecular complexity index is 825. The van der Waals surface area contributed by atoms with E-state index in [2.05, 4.69) is 5.32 Å². The molecular weight excluding hydrogens is 356 g/mol. The lowest BCUT2D eigenvalue weighted by atomic mass is 10.1. The molecule has 6 heteroatoms. The molecule has 3 rings (SSSR count). The van der Waals surface area contributed by atoms with Gasteiger partial charge in [-0.1, -0.05) is 24.3 Å². The summed E-state index contributed by atoms with van der Waals surface area (Å²) >= 11 is 0. The molecule has 2 aromatic carbocycles. The van der Waals surface area contributed by atoms with Gasteiger partial charge in [0.1, 0.15) is 5.75 Å². The van der Waals surface area contributed by atoms with Gasteiger partial charge in [-0.05, 0) is 43.7 Å². The molecule has 148 valence electrons. The number of anilines is 1. The van der Waals surface area contributed by atoms with Crippen molar-refractivity contribution >= 4 is 17.5 Å². The van der Waals surface area contributed by atoms with Gasteiger partial charge in [0, 0.05) is 13.1 Å². The Morgan fingerprint density at radius 2 is 1.71 bits per heavy atom. The Labute approximate surface area is 165 Å². The van der Waals surface area contributed by atoms with E-state index in [1.165, 1.54) is 0 Å². The SMILES string of the molecule is COc1ccc(CC(=O)Nc2ccccc2C(=O)N2CC(C)OC(C)C2)cc1. The lowest BCUT2D eigenvalue weighted by molar-refractivity contribution is -0.115. The van der Waals surface area contributed by atoms with Crippen LogP contribution >= 0.6 is 0 Å². The van der Waals surface area contributed by atoms with Crippen molar-refractivity contribution in [2.45, 2.75) is 32.5 Å². The second-order valence-corrected chi connectivity index (χ2v) is 7.09. The molecular formula is C22H26N2O4. The van der Waals surface area contributed by atoms with Crippen LogP contribution in [-0.4, -0.2) is 49.1 Å². The summed E-state index contributed by atoms with van der Waals surface area (Å²) in [5.41, 5.74) is 1.89. The number of hydrogen-bond donors (Lipinski definition) is 1. The van der Waals surface area contributed by atoms with Gasteiger partial charge in [0.25, 0.3) is 5.91 Å². The van der Waals surface area contributed by atoms with Crippen molar-refractivity contribution in [3.63, 3.8) is 0 Å². The first-order chi connectivity index (χ1) is 13.5. The van der Waals surface area contributed by atoms with E-state index in [0.29, 0.717) is 24.3 Å². The third kappa shape index (κ3) is 4.89.